The van der Waals surface area contributed by atoms with Gasteiger partial charge in [-0.2, -0.15) is 4.31 Å². The highest BCUT2D eigenvalue weighted by Gasteiger charge is 2.32. The van der Waals surface area contributed by atoms with E-state index < -0.39 is 10.0 Å². The molecule has 0 bridgehead atoms. The van der Waals surface area contributed by atoms with Crippen molar-refractivity contribution in [2.75, 3.05) is 19.9 Å². The second-order valence-corrected chi connectivity index (χ2v) is 8.41. The lowest BCUT2D eigenvalue weighted by atomic mass is 9.97. The molecule has 1 amide bonds. The SMILES string of the molecule is O=C(NCc1ccc2c(c1)OCO2)C1CCN(S(=O)(=O)c2cnc[nH]2)CC1. The van der Waals surface area contributed by atoms with Gasteiger partial charge in [-0.25, -0.2) is 13.4 Å². The average Bonchev–Trinajstić information content (AvgIpc) is 3.37. The fourth-order valence-electron chi connectivity index (χ4n) is 3.27. The molecule has 0 atom stereocenters. The Morgan fingerprint density at radius 3 is 2.78 bits per heavy atom. The molecule has 0 radical (unpaired) electrons. The van der Waals surface area contributed by atoms with Gasteiger partial charge in [0.1, 0.15) is 0 Å². The van der Waals surface area contributed by atoms with Crippen LogP contribution in [-0.2, 0) is 21.4 Å². The second-order valence-electron chi connectivity index (χ2n) is 6.50. The van der Waals surface area contributed by atoms with E-state index in [0.717, 1.165) is 5.56 Å². The average molecular weight is 392 g/mol. The number of amides is 1. The number of rotatable bonds is 5. The largest absolute Gasteiger partial charge is 0.454 e. The first-order chi connectivity index (χ1) is 13.0. The Bertz CT molecular complexity index is 921. The number of benzene rings is 1. The Kier molecular flexibility index (Phi) is 4.75. The number of ether oxygens (including phenoxy) is 2. The molecule has 0 aliphatic carbocycles. The van der Waals surface area contributed by atoms with E-state index in [4.69, 9.17) is 9.47 Å². The maximum absolute atomic E-state index is 12.5. The Hall–Kier alpha value is -2.59. The number of hydrogen-bond donors (Lipinski definition) is 2. The second kappa shape index (κ2) is 7.20. The maximum atomic E-state index is 12.5. The summed E-state index contributed by atoms with van der Waals surface area (Å²) in [6.45, 7) is 1.22. The van der Waals surface area contributed by atoms with Crippen molar-refractivity contribution in [2.24, 2.45) is 5.92 Å². The molecule has 1 aromatic carbocycles. The van der Waals surface area contributed by atoms with Gasteiger partial charge >= 0.3 is 0 Å². The number of hydrogen-bond acceptors (Lipinski definition) is 6. The fourth-order valence-corrected chi connectivity index (χ4v) is 4.63. The van der Waals surface area contributed by atoms with E-state index in [1.807, 2.05) is 18.2 Å². The van der Waals surface area contributed by atoms with Crippen LogP contribution in [0.1, 0.15) is 18.4 Å². The Labute approximate surface area is 156 Å². The third kappa shape index (κ3) is 3.62. The van der Waals surface area contributed by atoms with E-state index in [0.29, 0.717) is 44.0 Å². The van der Waals surface area contributed by atoms with Crippen molar-refractivity contribution in [3.63, 3.8) is 0 Å². The molecule has 2 aromatic rings. The first-order valence-corrected chi connectivity index (χ1v) is 10.1. The molecule has 2 aliphatic rings. The third-order valence-corrected chi connectivity index (χ3v) is 6.64. The molecule has 27 heavy (non-hydrogen) atoms. The molecule has 1 saturated heterocycles. The van der Waals surface area contributed by atoms with Crippen LogP contribution in [0.3, 0.4) is 0 Å². The molecule has 9 nitrogen and oxygen atoms in total. The minimum absolute atomic E-state index is 0.0637. The number of carbonyl (C=O) groups excluding carboxylic acids is 1. The predicted octanol–water partition coefficient (Wildman–Crippen LogP) is 0.855. The van der Waals surface area contributed by atoms with Crippen LogP contribution in [0.4, 0.5) is 0 Å². The van der Waals surface area contributed by atoms with Crippen LogP contribution >= 0.6 is 0 Å². The number of sulfonamides is 1. The van der Waals surface area contributed by atoms with Crippen molar-refractivity contribution >= 4 is 15.9 Å². The molecule has 0 saturated carbocycles. The van der Waals surface area contributed by atoms with Crippen LogP contribution in [0.2, 0.25) is 0 Å². The minimum atomic E-state index is -3.57. The zero-order valence-corrected chi connectivity index (χ0v) is 15.4. The Morgan fingerprint density at radius 2 is 2.04 bits per heavy atom. The van der Waals surface area contributed by atoms with E-state index in [1.54, 1.807) is 0 Å². The van der Waals surface area contributed by atoms with E-state index >= 15 is 0 Å². The van der Waals surface area contributed by atoms with Crippen molar-refractivity contribution in [3.8, 4) is 11.5 Å². The quantitative estimate of drug-likeness (QED) is 0.780. The third-order valence-electron chi connectivity index (χ3n) is 4.82. The monoisotopic (exact) mass is 392 g/mol. The summed E-state index contributed by atoms with van der Waals surface area (Å²) >= 11 is 0. The highest BCUT2D eigenvalue weighted by Crippen LogP contribution is 2.32. The number of imidazole rings is 1. The molecule has 10 heteroatoms. The zero-order valence-electron chi connectivity index (χ0n) is 14.6. The van der Waals surface area contributed by atoms with Gasteiger partial charge in [0, 0.05) is 25.6 Å². The summed E-state index contributed by atoms with van der Waals surface area (Å²) in [6, 6.07) is 5.55. The Balaban J connectivity index is 1.30. The lowest BCUT2D eigenvalue weighted by Crippen LogP contribution is -2.42. The van der Waals surface area contributed by atoms with Gasteiger partial charge in [0.25, 0.3) is 10.0 Å². The Morgan fingerprint density at radius 1 is 1.26 bits per heavy atom. The molecule has 4 rings (SSSR count). The van der Waals surface area contributed by atoms with Crippen molar-refractivity contribution in [1.82, 2.24) is 19.6 Å². The van der Waals surface area contributed by atoms with Crippen LogP contribution in [0.15, 0.2) is 35.7 Å². The summed E-state index contributed by atoms with van der Waals surface area (Å²) in [7, 11) is -3.57. The first-order valence-electron chi connectivity index (χ1n) is 8.69. The predicted molar refractivity (Wildman–Crippen MR) is 94.5 cm³/mol. The number of carbonyl (C=O) groups is 1. The number of nitrogens with zero attached hydrogens (tertiary/aromatic N) is 2. The molecule has 0 spiro atoms. The lowest BCUT2D eigenvalue weighted by molar-refractivity contribution is -0.126. The molecular formula is C17H20N4O5S. The van der Waals surface area contributed by atoms with Gasteiger partial charge < -0.3 is 19.8 Å². The molecule has 1 fully saturated rings. The summed E-state index contributed by atoms with van der Waals surface area (Å²) < 4.78 is 36.9. The number of aromatic nitrogens is 2. The van der Waals surface area contributed by atoms with Crippen molar-refractivity contribution in [1.29, 1.82) is 0 Å². The summed E-state index contributed by atoms with van der Waals surface area (Å²) in [5, 5.41) is 3.00. The highest BCUT2D eigenvalue weighted by molar-refractivity contribution is 7.89. The van der Waals surface area contributed by atoms with Gasteiger partial charge in [-0.05, 0) is 30.5 Å². The van der Waals surface area contributed by atoms with Crippen molar-refractivity contribution in [2.45, 2.75) is 24.4 Å². The van der Waals surface area contributed by atoms with Gasteiger partial charge in [0.15, 0.2) is 16.5 Å². The molecule has 2 N–H and O–H groups in total. The highest BCUT2D eigenvalue weighted by atomic mass is 32.2. The standard InChI is InChI=1S/C17H20N4O5S/c22-17(19-8-12-1-2-14-15(7-12)26-11-25-14)13-3-5-21(6-4-13)27(23,24)16-9-18-10-20-16/h1-2,7,9-10,13H,3-6,8,11H2,(H,18,20)(H,19,22). The van der Waals surface area contributed by atoms with Crippen LogP contribution in [0.25, 0.3) is 0 Å². The van der Waals surface area contributed by atoms with E-state index in [9.17, 15) is 13.2 Å². The minimum Gasteiger partial charge on any atom is -0.454 e. The van der Waals surface area contributed by atoms with Gasteiger partial charge in [0.05, 0.1) is 12.5 Å². The number of H-pyrrole nitrogens is 1. The number of aromatic amines is 1. The molecule has 144 valence electrons. The smallest absolute Gasteiger partial charge is 0.260 e. The van der Waals surface area contributed by atoms with Crippen molar-refractivity contribution < 1.29 is 22.7 Å². The number of nitrogens with one attached hydrogen (secondary N) is 2. The van der Waals surface area contributed by atoms with Crippen LogP contribution < -0.4 is 14.8 Å². The first kappa shape index (κ1) is 17.8. The molecule has 2 aliphatic heterocycles. The van der Waals surface area contributed by atoms with Gasteiger partial charge in [-0.1, -0.05) is 6.07 Å². The van der Waals surface area contributed by atoms with Gasteiger partial charge in [-0.3, -0.25) is 4.79 Å². The van der Waals surface area contributed by atoms with Gasteiger partial charge in [0.2, 0.25) is 12.7 Å². The molecule has 0 unspecified atom stereocenters. The topological polar surface area (TPSA) is 114 Å². The van der Waals surface area contributed by atoms with E-state index in [-0.39, 0.29) is 23.6 Å². The van der Waals surface area contributed by atoms with E-state index in [2.05, 4.69) is 15.3 Å². The fraction of sp³-hybridized carbons (Fsp3) is 0.412. The summed E-state index contributed by atoms with van der Waals surface area (Å²) in [6.07, 6.45) is 3.60. The van der Waals surface area contributed by atoms with Gasteiger partial charge in [-0.15, -0.1) is 0 Å². The van der Waals surface area contributed by atoms with Crippen molar-refractivity contribution in [3.05, 3.63) is 36.3 Å². The van der Waals surface area contributed by atoms with Crippen LogP contribution in [-0.4, -0.2) is 48.5 Å². The van der Waals surface area contributed by atoms with E-state index in [1.165, 1.54) is 16.8 Å². The molecule has 3 heterocycles. The van der Waals surface area contributed by atoms with Crippen LogP contribution in [0, 0.1) is 5.92 Å². The maximum Gasteiger partial charge on any atom is 0.260 e. The zero-order chi connectivity index (χ0) is 18.9. The summed E-state index contributed by atoms with van der Waals surface area (Å²) in [4.78, 5) is 18.8. The number of fused-ring (bicyclic) bond motifs is 1. The molecule has 1 aromatic heterocycles. The lowest BCUT2D eigenvalue weighted by Gasteiger charge is -2.30. The summed E-state index contributed by atoms with van der Waals surface area (Å²) in [5.74, 6) is 1.12. The number of piperidine rings is 1. The molecular weight excluding hydrogens is 372 g/mol. The van der Waals surface area contributed by atoms with Crippen LogP contribution in [0.5, 0.6) is 11.5 Å². The normalized spacial score (nSPS) is 17.8. The summed E-state index contributed by atoms with van der Waals surface area (Å²) in [5.41, 5.74) is 0.923.